The second-order valence-electron chi connectivity index (χ2n) is 7.48. The number of amides is 2. The van der Waals surface area contributed by atoms with Gasteiger partial charge >= 0.3 is 5.97 Å². The Morgan fingerprint density at radius 2 is 1.93 bits per heavy atom. The van der Waals surface area contributed by atoms with Crippen LogP contribution in [0.4, 0.5) is 0 Å². The Morgan fingerprint density at radius 1 is 1.22 bits per heavy atom. The number of rotatable bonds is 3. The molecule has 2 heterocycles. The van der Waals surface area contributed by atoms with Crippen LogP contribution in [0.1, 0.15) is 56.4 Å². The van der Waals surface area contributed by atoms with Gasteiger partial charge < -0.3 is 4.74 Å². The van der Waals surface area contributed by atoms with Gasteiger partial charge in [-0.2, -0.15) is 0 Å². The lowest BCUT2D eigenvalue weighted by Gasteiger charge is -2.19. The van der Waals surface area contributed by atoms with Gasteiger partial charge in [-0.15, -0.1) is 5.10 Å². The standard InChI is InChI=1S/C19H22N4O4/c1-19(2,3)27-18(26)13-9-7-12(8-10-13)14-11-23(22-21-14)15-5-4-6-16(24)20-17(15)25/h7-11,15H,4-6H2,1-3H3,(H,20,24,25). The van der Waals surface area contributed by atoms with Crippen LogP contribution < -0.4 is 5.32 Å². The third kappa shape index (κ3) is 4.58. The molecule has 1 N–H and O–H groups in total. The summed E-state index contributed by atoms with van der Waals surface area (Å²) in [5.74, 6) is -1.02. The molecule has 2 amide bonds. The Bertz CT molecular complexity index is 865. The number of esters is 1. The minimum atomic E-state index is -0.557. The molecule has 3 rings (SSSR count). The van der Waals surface area contributed by atoms with Gasteiger partial charge in [0.1, 0.15) is 17.3 Å². The third-order valence-corrected chi connectivity index (χ3v) is 4.09. The Labute approximate surface area is 156 Å². The SMILES string of the molecule is CC(C)(C)OC(=O)c1ccc(-c2cn(C3CCCC(=O)NC3=O)nn2)cc1. The van der Waals surface area contributed by atoms with Crippen LogP contribution >= 0.6 is 0 Å². The van der Waals surface area contributed by atoms with Gasteiger partial charge in [-0.3, -0.25) is 14.9 Å². The van der Waals surface area contributed by atoms with Crippen molar-refractivity contribution >= 4 is 17.8 Å². The van der Waals surface area contributed by atoms with Gasteiger partial charge in [-0.05, 0) is 45.7 Å². The zero-order valence-corrected chi connectivity index (χ0v) is 15.6. The second kappa shape index (κ2) is 7.30. The summed E-state index contributed by atoms with van der Waals surface area (Å²) in [7, 11) is 0. The number of imide groups is 1. The first-order valence-corrected chi connectivity index (χ1v) is 8.82. The fourth-order valence-corrected chi connectivity index (χ4v) is 2.80. The molecule has 1 saturated heterocycles. The Kier molecular flexibility index (Phi) is 5.07. The van der Waals surface area contributed by atoms with Gasteiger partial charge in [0.25, 0.3) is 5.91 Å². The molecule has 0 bridgehead atoms. The molecule has 2 aromatic rings. The number of nitrogens with zero attached hydrogens (tertiary/aromatic N) is 3. The minimum Gasteiger partial charge on any atom is -0.456 e. The van der Waals surface area contributed by atoms with E-state index in [2.05, 4.69) is 15.6 Å². The first-order chi connectivity index (χ1) is 12.7. The van der Waals surface area contributed by atoms with Crippen LogP contribution in [0.2, 0.25) is 0 Å². The van der Waals surface area contributed by atoms with Crippen molar-refractivity contribution in [1.82, 2.24) is 20.3 Å². The average Bonchev–Trinajstić information content (AvgIpc) is 3.00. The molecule has 1 aromatic heterocycles. The van der Waals surface area contributed by atoms with Crippen LogP contribution in [0, 0.1) is 0 Å². The number of hydrogen-bond acceptors (Lipinski definition) is 6. The zero-order valence-electron chi connectivity index (χ0n) is 15.6. The number of hydrogen-bond donors (Lipinski definition) is 1. The molecule has 0 radical (unpaired) electrons. The highest BCUT2D eigenvalue weighted by Crippen LogP contribution is 2.22. The fraction of sp³-hybridized carbons (Fsp3) is 0.421. The van der Waals surface area contributed by atoms with E-state index in [4.69, 9.17) is 4.74 Å². The van der Waals surface area contributed by atoms with Crippen molar-refractivity contribution in [2.45, 2.75) is 51.7 Å². The van der Waals surface area contributed by atoms with Gasteiger partial charge in [0.05, 0.1) is 11.8 Å². The molecule has 1 fully saturated rings. The van der Waals surface area contributed by atoms with E-state index >= 15 is 0 Å². The summed E-state index contributed by atoms with van der Waals surface area (Å²) in [6.45, 7) is 5.44. The molecular formula is C19H22N4O4. The molecule has 0 spiro atoms. The maximum Gasteiger partial charge on any atom is 0.338 e. The van der Waals surface area contributed by atoms with Crippen molar-refractivity contribution in [1.29, 1.82) is 0 Å². The number of nitrogens with one attached hydrogen (secondary N) is 1. The Morgan fingerprint density at radius 3 is 2.59 bits per heavy atom. The first-order valence-electron chi connectivity index (χ1n) is 8.82. The highest BCUT2D eigenvalue weighted by molar-refractivity contribution is 5.97. The van der Waals surface area contributed by atoms with Gasteiger partial charge in [0.15, 0.2) is 0 Å². The molecule has 1 aliphatic heterocycles. The Hall–Kier alpha value is -3.03. The van der Waals surface area contributed by atoms with Gasteiger partial charge in [0.2, 0.25) is 5.91 Å². The van der Waals surface area contributed by atoms with Crippen LogP contribution in [-0.2, 0) is 14.3 Å². The molecule has 27 heavy (non-hydrogen) atoms. The maximum absolute atomic E-state index is 12.1. The molecule has 1 unspecified atom stereocenters. The number of aromatic nitrogens is 3. The predicted octanol–water partition coefficient (Wildman–Crippen LogP) is 2.27. The van der Waals surface area contributed by atoms with E-state index < -0.39 is 17.6 Å². The summed E-state index contributed by atoms with van der Waals surface area (Å²) < 4.78 is 6.82. The lowest BCUT2D eigenvalue weighted by molar-refractivity contribution is -0.131. The topological polar surface area (TPSA) is 103 Å². The normalized spacial score (nSPS) is 18.0. The molecular weight excluding hydrogens is 348 g/mol. The summed E-state index contributed by atoms with van der Waals surface area (Å²) in [4.78, 5) is 35.7. The highest BCUT2D eigenvalue weighted by atomic mass is 16.6. The summed E-state index contributed by atoms with van der Waals surface area (Å²) in [6, 6.07) is 6.28. The molecule has 1 atom stereocenters. The van der Waals surface area contributed by atoms with Crippen LogP contribution in [0.15, 0.2) is 30.5 Å². The predicted molar refractivity (Wildman–Crippen MR) is 96.7 cm³/mol. The summed E-state index contributed by atoms with van der Waals surface area (Å²) in [5, 5.41) is 10.5. The minimum absolute atomic E-state index is 0.263. The van der Waals surface area contributed by atoms with Gasteiger partial charge in [-0.25, -0.2) is 9.48 Å². The summed E-state index contributed by atoms with van der Waals surface area (Å²) in [5.41, 5.74) is 1.23. The van der Waals surface area contributed by atoms with Crippen LogP contribution in [0.5, 0.6) is 0 Å². The van der Waals surface area contributed by atoms with E-state index in [0.717, 1.165) is 5.56 Å². The van der Waals surface area contributed by atoms with E-state index in [1.807, 2.05) is 20.8 Å². The molecule has 0 aliphatic carbocycles. The number of carbonyl (C=O) groups excluding carboxylic acids is 3. The molecule has 1 aromatic carbocycles. The largest absolute Gasteiger partial charge is 0.456 e. The van der Waals surface area contributed by atoms with Crippen LogP contribution in [0.25, 0.3) is 11.3 Å². The van der Waals surface area contributed by atoms with E-state index in [-0.39, 0.29) is 11.8 Å². The Balaban J connectivity index is 1.75. The van der Waals surface area contributed by atoms with Crippen molar-refractivity contribution in [3.63, 3.8) is 0 Å². The van der Waals surface area contributed by atoms with E-state index in [9.17, 15) is 14.4 Å². The van der Waals surface area contributed by atoms with E-state index in [1.54, 1.807) is 30.5 Å². The van der Waals surface area contributed by atoms with Crippen LogP contribution in [0.3, 0.4) is 0 Å². The van der Waals surface area contributed by atoms with E-state index in [1.165, 1.54) is 4.68 Å². The number of benzene rings is 1. The average molecular weight is 370 g/mol. The van der Waals surface area contributed by atoms with Crippen molar-refractivity contribution in [3.05, 3.63) is 36.0 Å². The maximum atomic E-state index is 12.1. The third-order valence-electron chi connectivity index (χ3n) is 4.09. The monoisotopic (exact) mass is 370 g/mol. The number of carbonyl (C=O) groups is 3. The lowest BCUT2D eigenvalue weighted by Crippen LogP contribution is -2.34. The summed E-state index contributed by atoms with van der Waals surface area (Å²) >= 11 is 0. The zero-order chi connectivity index (χ0) is 19.6. The second-order valence-corrected chi connectivity index (χ2v) is 7.48. The fourth-order valence-electron chi connectivity index (χ4n) is 2.80. The van der Waals surface area contributed by atoms with Crippen molar-refractivity contribution in [2.24, 2.45) is 0 Å². The van der Waals surface area contributed by atoms with Crippen molar-refractivity contribution in [2.75, 3.05) is 0 Å². The quantitative estimate of drug-likeness (QED) is 0.657. The van der Waals surface area contributed by atoms with Gasteiger partial charge in [0, 0.05) is 12.0 Å². The molecule has 0 saturated carbocycles. The molecule has 1 aliphatic rings. The van der Waals surface area contributed by atoms with Crippen molar-refractivity contribution in [3.8, 4) is 11.3 Å². The molecule has 142 valence electrons. The van der Waals surface area contributed by atoms with Crippen molar-refractivity contribution < 1.29 is 19.1 Å². The molecule has 8 nitrogen and oxygen atoms in total. The number of ether oxygens (including phenoxy) is 1. The molecule has 8 heteroatoms. The first kappa shape index (κ1) is 18.8. The smallest absolute Gasteiger partial charge is 0.338 e. The lowest BCUT2D eigenvalue weighted by atomic mass is 10.1. The summed E-state index contributed by atoms with van der Waals surface area (Å²) in [6.07, 6.45) is 3.14. The van der Waals surface area contributed by atoms with E-state index in [0.29, 0.717) is 30.5 Å². The van der Waals surface area contributed by atoms with Crippen LogP contribution in [-0.4, -0.2) is 38.4 Å². The highest BCUT2D eigenvalue weighted by Gasteiger charge is 2.27. The van der Waals surface area contributed by atoms with Gasteiger partial charge in [-0.1, -0.05) is 17.3 Å².